The van der Waals surface area contributed by atoms with E-state index in [1.54, 1.807) is 0 Å². The number of morpholine rings is 1. The molecule has 2 aromatic carbocycles. The summed E-state index contributed by atoms with van der Waals surface area (Å²) in [6.07, 6.45) is 2.04. The van der Waals surface area contributed by atoms with E-state index in [4.69, 9.17) is 27.9 Å². The van der Waals surface area contributed by atoms with Crippen molar-refractivity contribution >= 4 is 28.9 Å². The molecule has 0 radical (unpaired) electrons. The van der Waals surface area contributed by atoms with E-state index >= 15 is 0 Å². The van der Waals surface area contributed by atoms with Gasteiger partial charge >= 0.3 is 0 Å². The summed E-state index contributed by atoms with van der Waals surface area (Å²) in [5.41, 5.74) is 3.60. The van der Waals surface area contributed by atoms with Crippen LogP contribution in [0.3, 0.4) is 0 Å². The molecule has 1 N–H and O–H groups in total. The fraction of sp³-hybridized carbons (Fsp3) is 0.520. The van der Waals surface area contributed by atoms with Crippen LogP contribution in [0.2, 0.25) is 10.0 Å². The van der Waals surface area contributed by atoms with Crippen molar-refractivity contribution in [3.63, 3.8) is 0 Å². The lowest BCUT2D eigenvalue weighted by molar-refractivity contribution is 0.0281. The molecule has 168 valence electrons. The Balaban J connectivity index is 1.62. The summed E-state index contributed by atoms with van der Waals surface area (Å²) < 4.78 is 5.51. The molecule has 0 amide bonds. The number of nitrogens with zero attached hydrogens (tertiary/aromatic N) is 2. The summed E-state index contributed by atoms with van der Waals surface area (Å²) in [6.45, 7) is 11.4. The Labute approximate surface area is 196 Å². The predicted molar refractivity (Wildman–Crippen MR) is 130 cm³/mol. The average Bonchev–Trinajstić information content (AvgIpc) is 3.09. The number of fused-ring (bicyclic) bond motifs is 1. The van der Waals surface area contributed by atoms with Crippen LogP contribution in [-0.4, -0.2) is 61.8 Å². The van der Waals surface area contributed by atoms with Gasteiger partial charge in [-0.1, -0.05) is 41.4 Å². The molecule has 31 heavy (non-hydrogen) atoms. The lowest BCUT2D eigenvalue weighted by atomic mass is 9.82. The fourth-order valence-electron chi connectivity index (χ4n) is 5.16. The average molecular weight is 462 g/mol. The quantitative estimate of drug-likeness (QED) is 0.577. The highest BCUT2D eigenvalue weighted by Gasteiger charge is 2.44. The van der Waals surface area contributed by atoms with E-state index in [0.717, 1.165) is 74.5 Å². The molecule has 2 aliphatic heterocycles. The maximum atomic E-state index is 6.35. The van der Waals surface area contributed by atoms with Gasteiger partial charge in [0.15, 0.2) is 0 Å². The van der Waals surface area contributed by atoms with Gasteiger partial charge in [0, 0.05) is 48.0 Å². The summed E-state index contributed by atoms with van der Waals surface area (Å²) in [7, 11) is 0. The zero-order valence-electron chi connectivity index (χ0n) is 18.5. The Morgan fingerprint density at radius 2 is 1.87 bits per heavy atom. The van der Waals surface area contributed by atoms with E-state index in [2.05, 4.69) is 59.3 Å². The number of rotatable bonds is 8. The molecule has 1 atom stereocenters. The third-order valence-electron chi connectivity index (χ3n) is 6.59. The highest BCUT2D eigenvalue weighted by atomic mass is 35.5. The second-order valence-corrected chi connectivity index (χ2v) is 9.85. The number of hydrogen-bond donors (Lipinski definition) is 1. The van der Waals surface area contributed by atoms with Crippen molar-refractivity contribution in [1.29, 1.82) is 0 Å². The minimum atomic E-state index is -0.135. The summed E-state index contributed by atoms with van der Waals surface area (Å²) in [5, 5.41) is 5.22. The molecule has 2 heterocycles. The van der Waals surface area contributed by atoms with Crippen LogP contribution in [0.15, 0.2) is 42.5 Å². The lowest BCUT2D eigenvalue weighted by Gasteiger charge is -2.45. The monoisotopic (exact) mass is 461 g/mol. The standard InChI is InChI=1S/C25H33Cl2N3O/c1-19(2)30(10-4-9-29-11-13-31-14-12-29)25(17-20-5-3-6-21(26)15-20)18-28-24-16-22(27)7-8-23(24)25/h3,5-8,15-16,19,28H,4,9-14,17-18H2,1-2H3. The maximum absolute atomic E-state index is 6.35. The molecule has 0 bridgehead atoms. The topological polar surface area (TPSA) is 27.7 Å². The molecule has 2 aromatic rings. The van der Waals surface area contributed by atoms with Crippen LogP contribution in [-0.2, 0) is 16.7 Å². The highest BCUT2D eigenvalue weighted by Crippen LogP contribution is 2.44. The SMILES string of the molecule is CC(C)N(CCCN1CCOCC1)C1(Cc2cccc(Cl)c2)CNc2cc(Cl)ccc21. The Kier molecular flexibility index (Phi) is 7.45. The van der Waals surface area contributed by atoms with Crippen molar-refractivity contribution < 1.29 is 4.74 Å². The van der Waals surface area contributed by atoms with Gasteiger partial charge in [0.05, 0.1) is 18.8 Å². The Morgan fingerprint density at radius 3 is 2.61 bits per heavy atom. The molecule has 0 aromatic heterocycles. The second-order valence-electron chi connectivity index (χ2n) is 8.98. The van der Waals surface area contributed by atoms with Crippen LogP contribution in [0.1, 0.15) is 31.4 Å². The van der Waals surface area contributed by atoms with Crippen LogP contribution >= 0.6 is 23.2 Å². The molecule has 2 aliphatic rings. The van der Waals surface area contributed by atoms with Crippen molar-refractivity contribution in [3.05, 3.63) is 63.6 Å². The van der Waals surface area contributed by atoms with E-state index in [1.807, 2.05) is 12.1 Å². The number of nitrogens with one attached hydrogen (secondary N) is 1. The van der Waals surface area contributed by atoms with Crippen LogP contribution < -0.4 is 5.32 Å². The van der Waals surface area contributed by atoms with E-state index in [1.165, 1.54) is 11.1 Å². The zero-order chi connectivity index (χ0) is 21.8. The van der Waals surface area contributed by atoms with Gasteiger partial charge in [-0.2, -0.15) is 0 Å². The van der Waals surface area contributed by atoms with Crippen molar-refractivity contribution in [2.24, 2.45) is 0 Å². The number of anilines is 1. The molecular weight excluding hydrogens is 429 g/mol. The molecule has 0 saturated carbocycles. The maximum Gasteiger partial charge on any atom is 0.0697 e. The van der Waals surface area contributed by atoms with Gasteiger partial charge in [-0.15, -0.1) is 0 Å². The smallest absolute Gasteiger partial charge is 0.0697 e. The normalized spacial score (nSPS) is 21.5. The van der Waals surface area contributed by atoms with E-state index in [9.17, 15) is 0 Å². The van der Waals surface area contributed by atoms with Crippen LogP contribution in [0.25, 0.3) is 0 Å². The molecule has 4 rings (SSSR count). The van der Waals surface area contributed by atoms with Crippen molar-refractivity contribution in [2.75, 3.05) is 51.3 Å². The highest BCUT2D eigenvalue weighted by molar-refractivity contribution is 6.31. The Hall–Kier alpha value is -1.30. The van der Waals surface area contributed by atoms with Crippen LogP contribution in [0.4, 0.5) is 5.69 Å². The first-order valence-corrected chi connectivity index (χ1v) is 12.1. The largest absolute Gasteiger partial charge is 0.382 e. The number of ether oxygens (including phenoxy) is 1. The zero-order valence-corrected chi connectivity index (χ0v) is 20.1. The fourth-order valence-corrected chi connectivity index (χ4v) is 5.55. The summed E-state index contributed by atoms with van der Waals surface area (Å²) in [4.78, 5) is 5.20. The first-order chi connectivity index (χ1) is 15.0. The first-order valence-electron chi connectivity index (χ1n) is 11.3. The summed E-state index contributed by atoms with van der Waals surface area (Å²) in [6, 6.07) is 15.0. The van der Waals surface area contributed by atoms with Crippen LogP contribution in [0, 0.1) is 0 Å². The summed E-state index contributed by atoms with van der Waals surface area (Å²) in [5.74, 6) is 0. The molecule has 1 saturated heterocycles. The molecule has 0 spiro atoms. The van der Waals surface area contributed by atoms with Crippen molar-refractivity contribution in [3.8, 4) is 0 Å². The molecule has 6 heteroatoms. The van der Waals surface area contributed by atoms with E-state index in [0.29, 0.717) is 6.04 Å². The summed E-state index contributed by atoms with van der Waals surface area (Å²) >= 11 is 12.7. The Morgan fingerprint density at radius 1 is 1.10 bits per heavy atom. The minimum Gasteiger partial charge on any atom is -0.382 e. The van der Waals surface area contributed by atoms with Crippen molar-refractivity contribution in [2.45, 2.75) is 38.3 Å². The van der Waals surface area contributed by atoms with Gasteiger partial charge in [-0.25, -0.2) is 0 Å². The number of hydrogen-bond acceptors (Lipinski definition) is 4. The van der Waals surface area contributed by atoms with Gasteiger partial charge in [-0.05, 0) is 68.6 Å². The molecule has 1 unspecified atom stereocenters. The Bertz CT molecular complexity index is 885. The molecule has 1 fully saturated rings. The predicted octanol–water partition coefficient (Wildman–Crippen LogP) is 5.29. The third kappa shape index (κ3) is 5.20. The lowest BCUT2D eigenvalue weighted by Crippen LogP contribution is -2.53. The third-order valence-corrected chi connectivity index (χ3v) is 7.06. The van der Waals surface area contributed by atoms with Crippen molar-refractivity contribution in [1.82, 2.24) is 9.80 Å². The molecular formula is C25H33Cl2N3O. The second kappa shape index (κ2) is 10.1. The van der Waals surface area contributed by atoms with Gasteiger partial charge in [-0.3, -0.25) is 9.80 Å². The number of halogens is 2. The van der Waals surface area contributed by atoms with Gasteiger partial charge < -0.3 is 10.1 Å². The van der Waals surface area contributed by atoms with Gasteiger partial charge in [0.2, 0.25) is 0 Å². The molecule has 0 aliphatic carbocycles. The van der Waals surface area contributed by atoms with Gasteiger partial charge in [0.1, 0.15) is 0 Å². The van der Waals surface area contributed by atoms with E-state index in [-0.39, 0.29) is 5.54 Å². The van der Waals surface area contributed by atoms with Crippen LogP contribution in [0.5, 0.6) is 0 Å². The molecule has 4 nitrogen and oxygen atoms in total. The first kappa shape index (κ1) is 22.9. The van der Waals surface area contributed by atoms with Gasteiger partial charge in [0.25, 0.3) is 0 Å². The van der Waals surface area contributed by atoms with E-state index < -0.39 is 0 Å². The minimum absolute atomic E-state index is 0.135. The number of benzene rings is 2.